The van der Waals surface area contributed by atoms with Crippen molar-refractivity contribution in [3.63, 3.8) is 0 Å². The number of halogens is 3. The second-order valence-corrected chi connectivity index (χ2v) is 4.60. The third kappa shape index (κ3) is 3.63. The van der Waals surface area contributed by atoms with E-state index in [4.69, 9.17) is 5.73 Å². The average molecular weight is 288 g/mol. The highest BCUT2D eigenvalue weighted by Gasteiger charge is 2.28. The van der Waals surface area contributed by atoms with E-state index in [1.807, 2.05) is 6.07 Å². The van der Waals surface area contributed by atoms with Crippen LogP contribution in [0.25, 0.3) is 0 Å². The van der Waals surface area contributed by atoms with Crippen LogP contribution in [0.5, 0.6) is 0 Å². The topological polar surface area (TPSA) is 55.6 Å². The Labute approximate surface area is 114 Å². The number of ether oxygens (including phenoxy) is 1. The third-order valence-corrected chi connectivity index (χ3v) is 3.03. The molecule has 0 unspecified atom stereocenters. The molecule has 1 aromatic carbocycles. The van der Waals surface area contributed by atoms with Gasteiger partial charge in [0.15, 0.2) is 0 Å². The maximum absolute atomic E-state index is 12.0. The highest BCUT2D eigenvalue weighted by atomic mass is 19.4. The summed E-state index contributed by atoms with van der Waals surface area (Å²) in [5.41, 5.74) is 8.05. The predicted molar refractivity (Wildman–Crippen MR) is 68.4 cm³/mol. The Kier molecular flexibility index (Phi) is 4.17. The van der Waals surface area contributed by atoms with Gasteiger partial charge in [-0.15, -0.1) is 0 Å². The highest BCUT2D eigenvalue weighted by Crippen LogP contribution is 2.30. The van der Waals surface area contributed by atoms with Gasteiger partial charge in [0.2, 0.25) is 5.91 Å². The number of hydrogen-bond donors (Lipinski definition) is 1. The van der Waals surface area contributed by atoms with Crippen molar-refractivity contribution >= 4 is 17.3 Å². The van der Waals surface area contributed by atoms with E-state index in [0.717, 1.165) is 11.3 Å². The highest BCUT2D eigenvalue weighted by molar-refractivity contribution is 5.95. The maximum atomic E-state index is 12.0. The summed E-state index contributed by atoms with van der Waals surface area (Å²) in [4.78, 5) is 13.5. The first-order chi connectivity index (χ1) is 9.37. The molecule has 110 valence electrons. The van der Waals surface area contributed by atoms with Gasteiger partial charge in [-0.25, -0.2) is 0 Å². The van der Waals surface area contributed by atoms with E-state index >= 15 is 0 Å². The van der Waals surface area contributed by atoms with Crippen LogP contribution < -0.4 is 10.6 Å². The van der Waals surface area contributed by atoms with Gasteiger partial charge in [-0.2, -0.15) is 13.2 Å². The van der Waals surface area contributed by atoms with Crippen LogP contribution in [0.2, 0.25) is 0 Å². The van der Waals surface area contributed by atoms with Crippen LogP contribution in [-0.2, 0) is 16.0 Å². The fraction of sp³-hybridized carbons (Fsp3) is 0.462. The van der Waals surface area contributed by atoms with Crippen LogP contribution in [0, 0.1) is 0 Å². The van der Waals surface area contributed by atoms with Gasteiger partial charge in [0, 0.05) is 17.9 Å². The molecule has 0 atom stereocenters. The molecular formula is C13H15F3N2O2. The Bertz CT molecular complexity index is 503. The minimum atomic E-state index is -4.36. The molecule has 0 saturated carbocycles. The maximum Gasteiger partial charge on any atom is 0.411 e. The van der Waals surface area contributed by atoms with Gasteiger partial charge in [-0.05, 0) is 30.2 Å². The van der Waals surface area contributed by atoms with Crippen molar-refractivity contribution in [2.75, 3.05) is 30.4 Å². The van der Waals surface area contributed by atoms with Gasteiger partial charge in [0.1, 0.15) is 6.61 Å². The third-order valence-electron chi connectivity index (χ3n) is 3.03. The van der Waals surface area contributed by atoms with Gasteiger partial charge in [-0.1, -0.05) is 0 Å². The minimum absolute atomic E-state index is 0.0695. The lowest BCUT2D eigenvalue weighted by Gasteiger charge is -2.17. The fourth-order valence-electron chi connectivity index (χ4n) is 2.16. The standard InChI is InChI=1S/C13H15F3N2O2/c14-13(15,16)8-20-6-4-12(19)18-5-3-9-7-10(17)1-2-11(9)18/h1-2,7H,3-6,8,17H2. The SMILES string of the molecule is Nc1ccc2c(c1)CCN2C(=O)CCOCC(F)(F)F. The minimum Gasteiger partial charge on any atom is -0.399 e. The molecule has 1 amide bonds. The lowest BCUT2D eigenvalue weighted by Crippen LogP contribution is -2.30. The lowest BCUT2D eigenvalue weighted by atomic mass is 10.1. The van der Waals surface area contributed by atoms with Gasteiger partial charge in [0.25, 0.3) is 0 Å². The Morgan fingerprint density at radius 2 is 2.15 bits per heavy atom. The van der Waals surface area contributed by atoms with Gasteiger partial charge in [-0.3, -0.25) is 4.79 Å². The first-order valence-electron chi connectivity index (χ1n) is 6.20. The van der Waals surface area contributed by atoms with Crippen LogP contribution >= 0.6 is 0 Å². The molecule has 2 N–H and O–H groups in total. The number of carbonyl (C=O) groups excluding carboxylic acids is 1. The molecule has 1 aromatic rings. The van der Waals surface area contributed by atoms with Crippen molar-refractivity contribution in [2.45, 2.75) is 19.0 Å². The van der Waals surface area contributed by atoms with Crippen LogP contribution in [0.1, 0.15) is 12.0 Å². The molecule has 0 radical (unpaired) electrons. The molecule has 0 aromatic heterocycles. The Morgan fingerprint density at radius 3 is 2.85 bits per heavy atom. The molecule has 2 rings (SSSR count). The van der Waals surface area contributed by atoms with E-state index < -0.39 is 12.8 Å². The predicted octanol–water partition coefficient (Wildman–Crippen LogP) is 2.13. The number of rotatable bonds is 4. The summed E-state index contributed by atoms with van der Waals surface area (Å²) in [5.74, 6) is -0.240. The number of fused-ring (bicyclic) bond motifs is 1. The molecule has 1 aliphatic heterocycles. The summed E-state index contributed by atoms with van der Waals surface area (Å²) in [6.07, 6.45) is -3.73. The molecule has 0 bridgehead atoms. The largest absolute Gasteiger partial charge is 0.411 e. The molecule has 1 heterocycles. The first-order valence-corrected chi connectivity index (χ1v) is 6.20. The van der Waals surface area contributed by atoms with Crippen LogP contribution in [-0.4, -0.2) is 31.8 Å². The van der Waals surface area contributed by atoms with Crippen molar-refractivity contribution in [2.24, 2.45) is 0 Å². The van der Waals surface area contributed by atoms with Crippen LogP contribution in [0.4, 0.5) is 24.5 Å². The van der Waals surface area contributed by atoms with Gasteiger partial charge >= 0.3 is 6.18 Å². The average Bonchev–Trinajstić information content (AvgIpc) is 2.76. The van der Waals surface area contributed by atoms with Crippen LogP contribution in [0.3, 0.4) is 0 Å². The number of hydrogen-bond acceptors (Lipinski definition) is 3. The van der Waals surface area contributed by atoms with Crippen LogP contribution in [0.15, 0.2) is 18.2 Å². The number of nitrogens with two attached hydrogens (primary N) is 1. The summed E-state index contributed by atoms with van der Waals surface area (Å²) in [5, 5.41) is 0. The van der Waals surface area contributed by atoms with E-state index in [9.17, 15) is 18.0 Å². The molecule has 0 fully saturated rings. The number of amides is 1. The Morgan fingerprint density at radius 1 is 1.40 bits per heavy atom. The van der Waals surface area contributed by atoms with Crippen molar-refractivity contribution < 1.29 is 22.7 Å². The molecule has 0 aliphatic carbocycles. The summed E-state index contributed by atoms with van der Waals surface area (Å²) < 4.78 is 40.1. The molecular weight excluding hydrogens is 273 g/mol. The summed E-state index contributed by atoms with van der Waals surface area (Å²) in [6, 6.07) is 5.26. The molecule has 0 spiro atoms. The van der Waals surface area contributed by atoms with E-state index in [2.05, 4.69) is 4.74 Å². The lowest BCUT2D eigenvalue weighted by molar-refractivity contribution is -0.174. The first kappa shape index (κ1) is 14.6. The van der Waals surface area contributed by atoms with Crippen molar-refractivity contribution in [1.82, 2.24) is 0 Å². The normalized spacial score (nSPS) is 14.4. The molecule has 1 aliphatic rings. The quantitative estimate of drug-likeness (QED) is 0.682. The van der Waals surface area contributed by atoms with E-state index in [1.54, 1.807) is 17.0 Å². The fourth-order valence-corrected chi connectivity index (χ4v) is 2.16. The zero-order valence-corrected chi connectivity index (χ0v) is 10.7. The van der Waals surface area contributed by atoms with Crippen molar-refractivity contribution in [1.29, 1.82) is 0 Å². The van der Waals surface area contributed by atoms with E-state index in [0.29, 0.717) is 18.7 Å². The van der Waals surface area contributed by atoms with E-state index in [-0.39, 0.29) is 18.9 Å². The zero-order valence-electron chi connectivity index (χ0n) is 10.7. The number of alkyl halides is 3. The van der Waals surface area contributed by atoms with Crippen molar-refractivity contribution in [3.05, 3.63) is 23.8 Å². The molecule has 20 heavy (non-hydrogen) atoms. The molecule has 7 heteroatoms. The number of carbonyl (C=O) groups is 1. The second kappa shape index (κ2) is 5.70. The number of anilines is 2. The Hall–Kier alpha value is -1.76. The number of benzene rings is 1. The molecule has 4 nitrogen and oxygen atoms in total. The number of nitrogens with zero attached hydrogens (tertiary/aromatic N) is 1. The summed E-state index contributed by atoms with van der Waals surface area (Å²) in [7, 11) is 0. The Balaban J connectivity index is 1.86. The second-order valence-electron chi connectivity index (χ2n) is 4.60. The zero-order chi connectivity index (χ0) is 14.8. The van der Waals surface area contributed by atoms with Gasteiger partial charge < -0.3 is 15.4 Å². The number of nitrogen functional groups attached to an aromatic ring is 1. The van der Waals surface area contributed by atoms with Gasteiger partial charge in [0.05, 0.1) is 13.0 Å². The monoisotopic (exact) mass is 288 g/mol. The van der Waals surface area contributed by atoms with E-state index in [1.165, 1.54) is 0 Å². The van der Waals surface area contributed by atoms with Crippen molar-refractivity contribution in [3.8, 4) is 0 Å². The summed E-state index contributed by atoms with van der Waals surface area (Å²) in [6.45, 7) is -1.04. The summed E-state index contributed by atoms with van der Waals surface area (Å²) >= 11 is 0. The molecule has 0 saturated heterocycles. The smallest absolute Gasteiger partial charge is 0.399 e.